The molecule has 0 spiro atoms. The van der Waals surface area contributed by atoms with Gasteiger partial charge in [-0.1, -0.05) is 22.0 Å². The van der Waals surface area contributed by atoms with Crippen LogP contribution in [-0.2, 0) is 6.42 Å². The molecule has 0 aliphatic carbocycles. The van der Waals surface area contributed by atoms with Crippen LogP contribution in [0.1, 0.15) is 12.0 Å². The van der Waals surface area contributed by atoms with Crippen molar-refractivity contribution in [1.82, 2.24) is 0 Å². The van der Waals surface area contributed by atoms with E-state index in [1.54, 1.807) is 6.07 Å². The number of benzene rings is 1. The first-order valence-electron chi connectivity index (χ1n) is 5.36. The summed E-state index contributed by atoms with van der Waals surface area (Å²) in [5.41, 5.74) is 0.604. The molecule has 1 aromatic rings. The molecule has 1 saturated heterocycles. The van der Waals surface area contributed by atoms with Gasteiger partial charge in [-0.3, -0.25) is 0 Å². The molecule has 0 amide bonds. The summed E-state index contributed by atoms with van der Waals surface area (Å²) in [5.74, 6) is 2.20. The highest BCUT2D eigenvalue weighted by atomic mass is 79.9. The van der Waals surface area contributed by atoms with Gasteiger partial charge in [0.25, 0.3) is 0 Å². The SMILES string of the molecule is OC(Cc1ccc(Br)cc1F)C1CCSC1. The molecule has 88 valence electrons. The molecule has 1 aliphatic heterocycles. The summed E-state index contributed by atoms with van der Waals surface area (Å²) < 4.78 is 14.3. The zero-order valence-electron chi connectivity index (χ0n) is 8.83. The molecule has 1 N–H and O–H groups in total. The molecule has 1 heterocycles. The van der Waals surface area contributed by atoms with Gasteiger partial charge in [0.15, 0.2) is 0 Å². The topological polar surface area (TPSA) is 20.2 Å². The van der Waals surface area contributed by atoms with Gasteiger partial charge in [-0.05, 0) is 41.5 Å². The Morgan fingerprint density at radius 2 is 2.38 bits per heavy atom. The Labute approximate surface area is 108 Å². The number of aliphatic hydroxyl groups is 1. The van der Waals surface area contributed by atoms with E-state index in [4.69, 9.17) is 0 Å². The lowest BCUT2D eigenvalue weighted by molar-refractivity contribution is 0.119. The summed E-state index contributed by atoms with van der Waals surface area (Å²) in [4.78, 5) is 0. The Hall–Kier alpha value is -0.0600. The van der Waals surface area contributed by atoms with Crippen molar-refractivity contribution in [2.75, 3.05) is 11.5 Å². The Morgan fingerprint density at radius 1 is 1.56 bits per heavy atom. The molecular formula is C12H14BrFOS. The highest BCUT2D eigenvalue weighted by Crippen LogP contribution is 2.28. The molecule has 16 heavy (non-hydrogen) atoms. The average Bonchev–Trinajstić information content (AvgIpc) is 2.75. The zero-order chi connectivity index (χ0) is 11.5. The van der Waals surface area contributed by atoms with Crippen molar-refractivity contribution in [1.29, 1.82) is 0 Å². The quantitative estimate of drug-likeness (QED) is 0.925. The van der Waals surface area contributed by atoms with E-state index in [0.29, 0.717) is 17.9 Å². The number of thioether (sulfide) groups is 1. The summed E-state index contributed by atoms with van der Waals surface area (Å²) in [6.07, 6.45) is 1.06. The van der Waals surface area contributed by atoms with Crippen molar-refractivity contribution in [3.8, 4) is 0 Å². The molecule has 0 radical (unpaired) electrons. The molecule has 0 saturated carbocycles. The maximum Gasteiger partial charge on any atom is 0.127 e. The molecule has 0 aromatic heterocycles. The summed E-state index contributed by atoms with van der Waals surface area (Å²) in [5, 5.41) is 10.0. The van der Waals surface area contributed by atoms with Gasteiger partial charge in [0.1, 0.15) is 5.82 Å². The van der Waals surface area contributed by atoms with Crippen LogP contribution in [0.15, 0.2) is 22.7 Å². The second-order valence-corrected chi connectivity index (χ2v) is 6.20. The van der Waals surface area contributed by atoms with E-state index >= 15 is 0 Å². The minimum atomic E-state index is -0.411. The molecule has 2 atom stereocenters. The van der Waals surface area contributed by atoms with E-state index in [-0.39, 0.29) is 5.82 Å². The first-order valence-corrected chi connectivity index (χ1v) is 7.31. The van der Waals surface area contributed by atoms with E-state index in [2.05, 4.69) is 15.9 Å². The fraction of sp³-hybridized carbons (Fsp3) is 0.500. The molecule has 4 heteroatoms. The molecule has 1 aromatic carbocycles. The number of halogens is 2. The lowest BCUT2D eigenvalue weighted by atomic mass is 9.95. The number of hydrogen-bond donors (Lipinski definition) is 1. The Bertz CT molecular complexity index is 366. The van der Waals surface area contributed by atoms with E-state index in [1.165, 1.54) is 6.07 Å². The van der Waals surface area contributed by atoms with Crippen LogP contribution in [0.2, 0.25) is 0 Å². The number of rotatable bonds is 3. The van der Waals surface area contributed by atoms with Crippen LogP contribution in [0.3, 0.4) is 0 Å². The minimum Gasteiger partial charge on any atom is -0.392 e. The summed E-state index contributed by atoms with van der Waals surface area (Å²) >= 11 is 5.09. The molecule has 2 unspecified atom stereocenters. The largest absolute Gasteiger partial charge is 0.392 e. The molecule has 1 fully saturated rings. The van der Waals surface area contributed by atoms with Gasteiger partial charge >= 0.3 is 0 Å². The second kappa shape index (κ2) is 5.52. The Kier molecular flexibility index (Phi) is 4.27. The summed E-state index contributed by atoms with van der Waals surface area (Å²) in [6.45, 7) is 0. The highest BCUT2D eigenvalue weighted by molar-refractivity contribution is 9.10. The van der Waals surface area contributed by atoms with Gasteiger partial charge in [0, 0.05) is 10.9 Å². The van der Waals surface area contributed by atoms with Gasteiger partial charge in [0.2, 0.25) is 0 Å². The molecule has 1 nitrogen and oxygen atoms in total. The van der Waals surface area contributed by atoms with Crippen molar-refractivity contribution in [2.45, 2.75) is 18.9 Å². The minimum absolute atomic E-state index is 0.237. The smallest absolute Gasteiger partial charge is 0.127 e. The summed E-state index contributed by atoms with van der Waals surface area (Å²) in [7, 11) is 0. The van der Waals surface area contributed by atoms with Crippen molar-refractivity contribution < 1.29 is 9.50 Å². The normalized spacial score (nSPS) is 22.3. The highest BCUT2D eigenvalue weighted by Gasteiger charge is 2.24. The fourth-order valence-electron chi connectivity index (χ4n) is 1.94. The maximum absolute atomic E-state index is 13.6. The predicted molar refractivity (Wildman–Crippen MR) is 69.2 cm³/mol. The van der Waals surface area contributed by atoms with Crippen LogP contribution in [0.4, 0.5) is 4.39 Å². The second-order valence-electron chi connectivity index (χ2n) is 4.13. The lowest BCUT2D eigenvalue weighted by Crippen LogP contribution is -2.23. The van der Waals surface area contributed by atoms with Gasteiger partial charge in [-0.15, -0.1) is 0 Å². The van der Waals surface area contributed by atoms with Gasteiger partial charge in [0.05, 0.1) is 6.10 Å². The zero-order valence-corrected chi connectivity index (χ0v) is 11.2. The lowest BCUT2D eigenvalue weighted by Gasteiger charge is -2.17. The van der Waals surface area contributed by atoms with Crippen molar-refractivity contribution in [3.63, 3.8) is 0 Å². The first-order chi connectivity index (χ1) is 7.66. The van der Waals surface area contributed by atoms with Crippen molar-refractivity contribution >= 4 is 27.7 Å². The van der Waals surface area contributed by atoms with E-state index < -0.39 is 6.10 Å². The van der Waals surface area contributed by atoms with Crippen LogP contribution in [0.5, 0.6) is 0 Å². The third-order valence-electron chi connectivity index (χ3n) is 2.95. The first kappa shape index (κ1) is 12.4. The Balaban J connectivity index is 2.02. The van der Waals surface area contributed by atoms with E-state index in [1.807, 2.05) is 17.8 Å². The van der Waals surface area contributed by atoms with Crippen molar-refractivity contribution in [2.24, 2.45) is 5.92 Å². The Morgan fingerprint density at radius 3 is 3.00 bits per heavy atom. The standard InChI is InChI=1S/C12H14BrFOS/c13-10-2-1-8(11(14)6-10)5-12(15)9-3-4-16-7-9/h1-2,6,9,12,15H,3-5,7H2. The molecule has 2 rings (SSSR count). The third kappa shape index (κ3) is 2.99. The van der Waals surface area contributed by atoms with E-state index in [0.717, 1.165) is 22.4 Å². The van der Waals surface area contributed by atoms with E-state index in [9.17, 15) is 9.50 Å². The van der Waals surface area contributed by atoms with Crippen LogP contribution >= 0.6 is 27.7 Å². The molecule has 0 bridgehead atoms. The molecular weight excluding hydrogens is 291 g/mol. The average molecular weight is 305 g/mol. The third-order valence-corrected chi connectivity index (χ3v) is 4.63. The van der Waals surface area contributed by atoms with Crippen LogP contribution in [0, 0.1) is 11.7 Å². The molecule has 1 aliphatic rings. The van der Waals surface area contributed by atoms with Crippen LogP contribution in [0.25, 0.3) is 0 Å². The fourth-order valence-corrected chi connectivity index (χ4v) is 3.60. The van der Waals surface area contributed by atoms with Crippen molar-refractivity contribution in [3.05, 3.63) is 34.1 Å². The van der Waals surface area contributed by atoms with Gasteiger partial charge < -0.3 is 5.11 Å². The summed E-state index contributed by atoms with van der Waals surface area (Å²) in [6, 6.07) is 5.00. The monoisotopic (exact) mass is 304 g/mol. The van der Waals surface area contributed by atoms with Gasteiger partial charge in [-0.2, -0.15) is 11.8 Å². The maximum atomic E-state index is 13.6. The predicted octanol–water partition coefficient (Wildman–Crippen LogP) is 3.24. The number of aliphatic hydroxyl groups excluding tert-OH is 1. The number of hydrogen-bond acceptors (Lipinski definition) is 2. The van der Waals surface area contributed by atoms with Crippen LogP contribution < -0.4 is 0 Å². The van der Waals surface area contributed by atoms with Crippen LogP contribution in [-0.4, -0.2) is 22.7 Å². The van der Waals surface area contributed by atoms with Gasteiger partial charge in [-0.25, -0.2) is 4.39 Å².